The highest BCUT2D eigenvalue weighted by atomic mass is 35.5. The number of rotatable bonds is 4. The fourth-order valence-electron chi connectivity index (χ4n) is 3.15. The van der Waals surface area contributed by atoms with Gasteiger partial charge in [0.15, 0.2) is 16.6 Å². The van der Waals surface area contributed by atoms with Gasteiger partial charge >= 0.3 is 0 Å². The number of benzene rings is 1. The molecule has 2 aromatic heterocycles. The van der Waals surface area contributed by atoms with Crippen molar-refractivity contribution in [3.8, 4) is 0 Å². The van der Waals surface area contributed by atoms with E-state index in [0.717, 1.165) is 18.4 Å². The van der Waals surface area contributed by atoms with Crippen molar-refractivity contribution in [1.82, 2.24) is 14.6 Å². The molecule has 1 aromatic carbocycles. The van der Waals surface area contributed by atoms with E-state index in [0.29, 0.717) is 20.8 Å². The molecule has 1 atom stereocenters. The number of thioether (sulfide) groups is 1. The van der Waals surface area contributed by atoms with Crippen LogP contribution in [0.3, 0.4) is 0 Å². The summed E-state index contributed by atoms with van der Waals surface area (Å²) in [5, 5.41) is 9.48. The van der Waals surface area contributed by atoms with Crippen molar-refractivity contribution in [2.75, 3.05) is 0 Å². The van der Waals surface area contributed by atoms with Gasteiger partial charge in [0.05, 0.1) is 15.3 Å². The largest absolute Gasteiger partial charge is 0.293 e. The molecular weight excluding hydrogens is 377 g/mol. The van der Waals surface area contributed by atoms with Crippen molar-refractivity contribution < 1.29 is 4.79 Å². The predicted octanol–water partition coefficient (Wildman–Crippen LogP) is 4.89. The number of carbonyl (C=O) groups is 1. The molecule has 3 aromatic rings. The summed E-state index contributed by atoms with van der Waals surface area (Å²) in [5.74, 6) is 0.0876. The fourth-order valence-corrected chi connectivity index (χ4v) is 4.56. The van der Waals surface area contributed by atoms with Gasteiger partial charge in [0.2, 0.25) is 0 Å². The number of Topliss-reactive ketones (excluding diaryl/α,β-unsaturated/α-hetero) is 1. The van der Waals surface area contributed by atoms with Gasteiger partial charge < -0.3 is 0 Å². The third-order valence-electron chi connectivity index (χ3n) is 4.43. The molecule has 25 heavy (non-hydrogen) atoms. The minimum absolute atomic E-state index is 0.0876. The number of ketones is 1. The van der Waals surface area contributed by atoms with Gasteiger partial charge in [-0.05, 0) is 49.4 Å². The zero-order valence-electron chi connectivity index (χ0n) is 13.5. The molecule has 0 fully saturated rings. The Labute approximate surface area is 159 Å². The van der Waals surface area contributed by atoms with Crippen LogP contribution in [0.2, 0.25) is 10.0 Å². The molecule has 7 heteroatoms. The van der Waals surface area contributed by atoms with Crippen LogP contribution in [0, 0.1) is 0 Å². The van der Waals surface area contributed by atoms with Crippen LogP contribution < -0.4 is 0 Å². The molecule has 1 aliphatic rings. The summed E-state index contributed by atoms with van der Waals surface area (Å²) in [5.41, 5.74) is 3.95. The molecule has 4 nitrogen and oxygen atoms in total. The molecule has 4 rings (SSSR count). The standard InChI is InChI=1S/C18H15Cl2N3OS/c1-10(16(24)13-6-5-11-3-2-4-12(11)7-13)25-18-22-21-17-15(20)8-14(19)9-23(17)18/h5-10H,2-4H2,1H3/t10-/m1/s1. The number of carbonyl (C=O) groups excluding carboxylic acids is 1. The Morgan fingerprint density at radius 1 is 1.20 bits per heavy atom. The van der Waals surface area contributed by atoms with Crippen LogP contribution in [0.25, 0.3) is 5.65 Å². The van der Waals surface area contributed by atoms with E-state index < -0.39 is 0 Å². The van der Waals surface area contributed by atoms with Gasteiger partial charge in [0.1, 0.15) is 0 Å². The van der Waals surface area contributed by atoms with Crippen molar-refractivity contribution in [3.63, 3.8) is 0 Å². The predicted molar refractivity (Wildman–Crippen MR) is 101 cm³/mol. The van der Waals surface area contributed by atoms with E-state index in [1.165, 1.54) is 29.3 Å². The van der Waals surface area contributed by atoms with Crippen molar-refractivity contribution in [1.29, 1.82) is 0 Å². The lowest BCUT2D eigenvalue weighted by molar-refractivity contribution is 0.0994. The first-order valence-corrected chi connectivity index (χ1v) is 9.69. The quantitative estimate of drug-likeness (QED) is 0.469. The Balaban J connectivity index is 1.59. The molecule has 2 heterocycles. The number of nitrogens with zero attached hydrogens (tertiary/aromatic N) is 3. The zero-order valence-corrected chi connectivity index (χ0v) is 15.8. The number of aryl methyl sites for hydroxylation is 2. The van der Waals surface area contributed by atoms with Crippen LogP contribution in [0.15, 0.2) is 35.6 Å². The maximum absolute atomic E-state index is 12.8. The maximum atomic E-state index is 12.8. The van der Waals surface area contributed by atoms with E-state index in [1.54, 1.807) is 16.7 Å². The number of hydrogen-bond acceptors (Lipinski definition) is 4. The van der Waals surface area contributed by atoms with Crippen LogP contribution >= 0.6 is 35.0 Å². The first kappa shape index (κ1) is 16.9. The van der Waals surface area contributed by atoms with Crippen LogP contribution in [0.4, 0.5) is 0 Å². The van der Waals surface area contributed by atoms with Gasteiger partial charge in [-0.1, -0.05) is 47.1 Å². The molecule has 0 saturated heterocycles. The second kappa shape index (κ2) is 6.63. The van der Waals surface area contributed by atoms with E-state index >= 15 is 0 Å². The molecule has 0 unspecified atom stereocenters. The summed E-state index contributed by atoms with van der Waals surface area (Å²) in [4.78, 5) is 12.8. The first-order chi connectivity index (χ1) is 12.0. The number of halogens is 2. The summed E-state index contributed by atoms with van der Waals surface area (Å²) in [6.07, 6.45) is 5.05. The van der Waals surface area contributed by atoms with Gasteiger partial charge in [-0.2, -0.15) is 0 Å². The van der Waals surface area contributed by atoms with Crippen molar-refractivity contribution in [3.05, 3.63) is 57.2 Å². The van der Waals surface area contributed by atoms with E-state index in [2.05, 4.69) is 16.3 Å². The van der Waals surface area contributed by atoms with E-state index in [-0.39, 0.29) is 11.0 Å². The highest BCUT2D eigenvalue weighted by Gasteiger charge is 2.22. The van der Waals surface area contributed by atoms with Gasteiger partial charge in [0, 0.05) is 11.8 Å². The minimum atomic E-state index is -0.287. The molecule has 0 spiro atoms. The first-order valence-electron chi connectivity index (χ1n) is 8.05. The third-order valence-corrected chi connectivity index (χ3v) is 5.97. The van der Waals surface area contributed by atoms with Crippen LogP contribution in [0.1, 0.15) is 34.8 Å². The lowest BCUT2D eigenvalue weighted by Gasteiger charge is -2.10. The number of fused-ring (bicyclic) bond motifs is 2. The third kappa shape index (κ3) is 3.16. The summed E-state index contributed by atoms with van der Waals surface area (Å²) in [7, 11) is 0. The van der Waals surface area contributed by atoms with Crippen LogP contribution in [0.5, 0.6) is 0 Å². The normalized spacial score (nSPS) is 14.7. The van der Waals surface area contributed by atoms with Gasteiger partial charge in [0.25, 0.3) is 0 Å². The van der Waals surface area contributed by atoms with Crippen molar-refractivity contribution in [2.45, 2.75) is 36.6 Å². The van der Waals surface area contributed by atoms with E-state index in [4.69, 9.17) is 23.2 Å². The Morgan fingerprint density at radius 2 is 2.00 bits per heavy atom. The molecule has 0 radical (unpaired) electrons. The molecular formula is C18H15Cl2N3OS. The van der Waals surface area contributed by atoms with Crippen LogP contribution in [-0.2, 0) is 12.8 Å². The number of pyridine rings is 1. The molecule has 128 valence electrons. The molecule has 0 saturated carbocycles. The molecule has 1 aliphatic carbocycles. The van der Waals surface area contributed by atoms with Gasteiger partial charge in [-0.15, -0.1) is 10.2 Å². The smallest absolute Gasteiger partial charge is 0.196 e. The Hall–Kier alpha value is -1.56. The molecule has 0 amide bonds. The second-order valence-corrected chi connectivity index (χ2v) is 8.30. The number of aromatic nitrogens is 3. The average Bonchev–Trinajstić information content (AvgIpc) is 3.20. The Morgan fingerprint density at radius 3 is 2.84 bits per heavy atom. The highest BCUT2D eigenvalue weighted by molar-refractivity contribution is 8.00. The Kier molecular flexibility index (Phi) is 4.48. The number of hydrogen-bond donors (Lipinski definition) is 0. The lowest BCUT2D eigenvalue weighted by atomic mass is 10.0. The fraction of sp³-hybridized carbons (Fsp3) is 0.278. The monoisotopic (exact) mass is 391 g/mol. The summed E-state index contributed by atoms with van der Waals surface area (Å²) in [6.45, 7) is 1.88. The molecule has 0 aliphatic heterocycles. The second-order valence-electron chi connectivity index (χ2n) is 6.14. The van der Waals surface area contributed by atoms with Crippen molar-refractivity contribution >= 4 is 46.4 Å². The summed E-state index contributed by atoms with van der Waals surface area (Å²) >= 11 is 13.6. The summed E-state index contributed by atoms with van der Waals surface area (Å²) < 4.78 is 1.72. The minimum Gasteiger partial charge on any atom is -0.293 e. The van der Waals surface area contributed by atoms with Crippen LogP contribution in [-0.4, -0.2) is 25.6 Å². The highest BCUT2D eigenvalue weighted by Crippen LogP contribution is 2.30. The SMILES string of the molecule is C[C@@H](Sc1nnc2c(Cl)cc(Cl)cn12)C(=O)c1ccc2c(c1)CCC2. The topological polar surface area (TPSA) is 47.3 Å². The lowest BCUT2D eigenvalue weighted by Crippen LogP contribution is -2.14. The summed E-state index contributed by atoms with van der Waals surface area (Å²) in [6, 6.07) is 7.68. The van der Waals surface area contributed by atoms with E-state index in [9.17, 15) is 4.79 Å². The van der Waals surface area contributed by atoms with Gasteiger partial charge in [-0.25, -0.2) is 0 Å². The van der Waals surface area contributed by atoms with Gasteiger partial charge in [-0.3, -0.25) is 9.20 Å². The molecule has 0 bridgehead atoms. The zero-order chi connectivity index (χ0) is 17.6. The maximum Gasteiger partial charge on any atom is 0.196 e. The van der Waals surface area contributed by atoms with E-state index in [1.807, 2.05) is 19.1 Å². The Bertz CT molecular complexity index is 986. The molecule has 0 N–H and O–H groups in total. The van der Waals surface area contributed by atoms with Crippen molar-refractivity contribution in [2.24, 2.45) is 0 Å². The average molecular weight is 392 g/mol.